The molecule has 2 fully saturated rings. The summed E-state index contributed by atoms with van der Waals surface area (Å²) < 4.78 is 15.0. The summed E-state index contributed by atoms with van der Waals surface area (Å²) in [5.74, 6) is 0.391. The Hall–Kier alpha value is -3.54. The third-order valence-electron chi connectivity index (χ3n) is 7.05. The molecule has 1 aliphatic heterocycles. The van der Waals surface area contributed by atoms with Crippen molar-refractivity contribution in [3.05, 3.63) is 42.4 Å². The van der Waals surface area contributed by atoms with Gasteiger partial charge in [0.25, 0.3) is 5.91 Å². The van der Waals surface area contributed by atoms with Crippen LogP contribution in [0.2, 0.25) is 0 Å². The number of amides is 1. The predicted octanol–water partition coefficient (Wildman–Crippen LogP) is 1.63. The predicted molar refractivity (Wildman–Crippen MR) is 128 cm³/mol. The summed E-state index contributed by atoms with van der Waals surface area (Å²) in [6, 6.07) is 5.56. The molecule has 0 spiro atoms. The normalized spacial score (nSPS) is 24.1. The maximum Gasteiger partial charge on any atom is 0.257 e. The van der Waals surface area contributed by atoms with E-state index in [1.807, 2.05) is 24.4 Å². The van der Waals surface area contributed by atoms with E-state index < -0.39 is 6.10 Å². The Balaban J connectivity index is 1.47. The highest BCUT2D eigenvalue weighted by Gasteiger charge is 2.33. The van der Waals surface area contributed by atoms with Gasteiger partial charge in [-0.1, -0.05) is 0 Å². The second-order valence-electron chi connectivity index (χ2n) is 9.00. The first-order valence-corrected chi connectivity index (χ1v) is 11.7. The van der Waals surface area contributed by atoms with Gasteiger partial charge in [0, 0.05) is 43.6 Å². The van der Waals surface area contributed by atoms with Crippen LogP contribution in [-0.4, -0.2) is 80.8 Å². The van der Waals surface area contributed by atoms with E-state index >= 15 is 0 Å². The lowest BCUT2D eigenvalue weighted by molar-refractivity contribution is 0.0448. The number of hydrogen-bond donors (Lipinski definition) is 3. The van der Waals surface area contributed by atoms with Gasteiger partial charge in [0.15, 0.2) is 5.65 Å². The van der Waals surface area contributed by atoms with E-state index in [-0.39, 0.29) is 24.1 Å². The molecule has 4 aromatic rings. The molecule has 0 radical (unpaired) electrons. The van der Waals surface area contributed by atoms with Crippen molar-refractivity contribution < 1.29 is 19.4 Å². The minimum absolute atomic E-state index is 0.0103. The highest BCUT2D eigenvalue weighted by atomic mass is 16.5. The number of pyridine rings is 1. The Morgan fingerprint density at radius 2 is 2.17 bits per heavy atom. The van der Waals surface area contributed by atoms with Crippen LogP contribution >= 0.6 is 0 Å². The third kappa shape index (κ3) is 3.54. The number of nitrogens with one attached hydrogen (secondary N) is 2. The minimum Gasteiger partial charge on any atom is -0.391 e. The molecule has 1 aliphatic carbocycles. The number of rotatable bonds is 6. The van der Waals surface area contributed by atoms with Crippen LogP contribution in [0.5, 0.6) is 0 Å². The summed E-state index contributed by atoms with van der Waals surface area (Å²) in [5, 5.41) is 21.3. The zero-order valence-corrected chi connectivity index (χ0v) is 19.5. The zero-order chi connectivity index (χ0) is 24.1. The first kappa shape index (κ1) is 22.0. The molecule has 4 aromatic heterocycles. The van der Waals surface area contributed by atoms with Crippen molar-refractivity contribution >= 4 is 28.4 Å². The molecule has 1 saturated heterocycles. The molecule has 0 bridgehead atoms. The van der Waals surface area contributed by atoms with E-state index in [2.05, 4.69) is 25.3 Å². The van der Waals surface area contributed by atoms with Gasteiger partial charge in [-0.3, -0.25) is 4.79 Å². The van der Waals surface area contributed by atoms with Crippen LogP contribution in [0.1, 0.15) is 29.2 Å². The summed E-state index contributed by atoms with van der Waals surface area (Å²) in [6.07, 6.45) is 6.18. The highest BCUT2D eigenvalue weighted by molar-refractivity contribution is 6.01. The number of nitrogens with zero attached hydrogens (tertiary/aromatic N) is 5. The second-order valence-corrected chi connectivity index (χ2v) is 9.00. The molecule has 2 aliphatic rings. The van der Waals surface area contributed by atoms with Crippen LogP contribution in [0, 0.1) is 0 Å². The van der Waals surface area contributed by atoms with E-state index in [9.17, 15) is 9.90 Å². The summed E-state index contributed by atoms with van der Waals surface area (Å²) in [5.41, 5.74) is 3.17. The fourth-order valence-electron chi connectivity index (χ4n) is 4.88. The summed E-state index contributed by atoms with van der Waals surface area (Å²) in [7, 11) is 3.49. The molecule has 1 saturated carbocycles. The van der Waals surface area contributed by atoms with Gasteiger partial charge in [0.1, 0.15) is 23.1 Å². The van der Waals surface area contributed by atoms with Crippen molar-refractivity contribution in [3.8, 4) is 11.3 Å². The fraction of sp³-hybridized carbons (Fsp3) is 0.417. The van der Waals surface area contributed by atoms with Crippen molar-refractivity contribution in [1.82, 2.24) is 29.5 Å². The van der Waals surface area contributed by atoms with Crippen molar-refractivity contribution in [3.63, 3.8) is 0 Å². The van der Waals surface area contributed by atoms with Crippen LogP contribution in [-0.2, 0) is 9.47 Å². The summed E-state index contributed by atoms with van der Waals surface area (Å²) >= 11 is 0. The lowest BCUT2D eigenvalue weighted by atomic mass is 9.89. The maximum absolute atomic E-state index is 13.0. The Kier molecular flexibility index (Phi) is 5.39. The van der Waals surface area contributed by atoms with Crippen LogP contribution in [0.15, 0.2) is 36.8 Å². The molecule has 1 amide bonds. The van der Waals surface area contributed by atoms with Gasteiger partial charge in [-0.25, -0.2) is 9.97 Å². The number of fused-ring (bicyclic) bond motifs is 2. The molecular formula is C24H27N7O4. The Morgan fingerprint density at radius 1 is 1.29 bits per heavy atom. The lowest BCUT2D eigenvalue weighted by Gasteiger charge is -2.32. The van der Waals surface area contributed by atoms with Gasteiger partial charge < -0.3 is 29.8 Å². The van der Waals surface area contributed by atoms with E-state index in [4.69, 9.17) is 14.5 Å². The molecule has 6 rings (SSSR count). The molecule has 5 heterocycles. The quantitative estimate of drug-likeness (QED) is 0.382. The van der Waals surface area contributed by atoms with E-state index in [1.165, 1.54) is 6.20 Å². The van der Waals surface area contributed by atoms with E-state index in [0.717, 1.165) is 23.0 Å². The largest absolute Gasteiger partial charge is 0.391 e. The van der Waals surface area contributed by atoms with Crippen LogP contribution < -0.4 is 10.6 Å². The summed E-state index contributed by atoms with van der Waals surface area (Å²) in [4.78, 5) is 22.5. The smallest absolute Gasteiger partial charge is 0.257 e. The molecule has 4 atom stereocenters. The van der Waals surface area contributed by atoms with Gasteiger partial charge in [-0.15, -0.1) is 0 Å². The number of aliphatic hydroxyl groups excluding tert-OH is 1. The van der Waals surface area contributed by atoms with Crippen molar-refractivity contribution in [2.75, 3.05) is 32.7 Å². The number of carbonyl (C=O) groups excluding carboxylic acids is 1. The minimum atomic E-state index is -0.508. The molecule has 182 valence electrons. The van der Waals surface area contributed by atoms with Gasteiger partial charge in [-0.05, 0) is 25.0 Å². The molecule has 3 N–H and O–H groups in total. The van der Waals surface area contributed by atoms with Crippen LogP contribution in [0.4, 0.5) is 5.82 Å². The Morgan fingerprint density at radius 3 is 2.91 bits per heavy atom. The Bertz CT molecular complexity index is 1410. The van der Waals surface area contributed by atoms with E-state index in [0.29, 0.717) is 42.4 Å². The molecule has 11 heteroatoms. The number of anilines is 1. The van der Waals surface area contributed by atoms with Crippen molar-refractivity contribution in [2.45, 2.75) is 37.1 Å². The Labute approximate surface area is 201 Å². The number of hydrogen-bond acceptors (Lipinski definition) is 8. The van der Waals surface area contributed by atoms with Gasteiger partial charge in [0.2, 0.25) is 0 Å². The van der Waals surface area contributed by atoms with Crippen molar-refractivity contribution in [2.24, 2.45) is 0 Å². The molecule has 0 aromatic carbocycles. The SMILES string of the molecule is CNc1cc(-c2cn([C@H]3COC[C@@H]3OC)c3ncccc23)nc2c(C(=O)NC3CCC3O)cnn12. The highest BCUT2D eigenvalue weighted by Crippen LogP contribution is 2.35. The lowest BCUT2D eigenvalue weighted by Crippen LogP contribution is -2.50. The topological polar surface area (TPSA) is 128 Å². The number of methoxy groups -OCH3 is 1. The standard InChI is InChI=1S/C24H27N7O4/c1-25-21-8-17(28-23-14(9-27-31(21)23)24(33)29-16-5-6-19(16)32)15-10-30(18-11-35-12-20(18)34-2)22-13(15)4-3-7-26-22/h3-4,7-10,16,18-20,25,32H,5-6,11-12H2,1-2H3,(H,29,33)/t16?,18-,19?,20-/m0/s1. The number of aliphatic hydroxyl groups is 1. The average molecular weight is 478 g/mol. The first-order chi connectivity index (χ1) is 17.1. The summed E-state index contributed by atoms with van der Waals surface area (Å²) in [6.45, 7) is 1.06. The first-order valence-electron chi connectivity index (χ1n) is 11.7. The van der Waals surface area contributed by atoms with Crippen LogP contribution in [0.3, 0.4) is 0 Å². The number of carbonyl (C=O) groups is 1. The molecule has 11 nitrogen and oxygen atoms in total. The molecule has 2 unspecified atom stereocenters. The maximum atomic E-state index is 13.0. The average Bonchev–Trinajstić information content (AvgIpc) is 3.61. The fourth-order valence-corrected chi connectivity index (χ4v) is 4.88. The monoisotopic (exact) mass is 477 g/mol. The van der Waals surface area contributed by atoms with Gasteiger partial charge in [-0.2, -0.15) is 9.61 Å². The third-order valence-corrected chi connectivity index (χ3v) is 7.05. The van der Waals surface area contributed by atoms with Crippen LogP contribution in [0.25, 0.3) is 27.9 Å². The van der Waals surface area contributed by atoms with Crippen molar-refractivity contribution in [1.29, 1.82) is 0 Å². The second kappa shape index (κ2) is 8.59. The van der Waals surface area contributed by atoms with Gasteiger partial charge >= 0.3 is 0 Å². The zero-order valence-electron chi connectivity index (χ0n) is 19.5. The molecular weight excluding hydrogens is 450 g/mol. The van der Waals surface area contributed by atoms with Gasteiger partial charge in [0.05, 0.1) is 43.3 Å². The number of aromatic nitrogens is 5. The van der Waals surface area contributed by atoms with E-state index in [1.54, 1.807) is 24.9 Å². The molecule has 35 heavy (non-hydrogen) atoms. The number of ether oxygens (including phenoxy) is 2.